The van der Waals surface area contributed by atoms with E-state index in [1.165, 1.54) is 24.5 Å². The number of carbonyl (C=O) groups excluding carboxylic acids is 3. The third kappa shape index (κ3) is 3.61. The van der Waals surface area contributed by atoms with Crippen LogP contribution in [0.15, 0.2) is 46.4 Å². The Morgan fingerprint density at radius 2 is 2.06 bits per heavy atom. The lowest BCUT2D eigenvalue weighted by molar-refractivity contribution is -0.132. The zero-order valence-corrected chi connectivity index (χ0v) is 18.4. The van der Waals surface area contributed by atoms with Crippen molar-refractivity contribution in [2.45, 2.75) is 39.8 Å². The monoisotopic (exact) mass is 438 g/mol. The molecule has 0 radical (unpaired) electrons. The molecule has 1 saturated heterocycles. The van der Waals surface area contributed by atoms with Gasteiger partial charge >= 0.3 is 6.03 Å². The molecule has 0 bridgehead atoms. The van der Waals surface area contributed by atoms with Crippen molar-refractivity contribution in [2.24, 2.45) is 0 Å². The van der Waals surface area contributed by atoms with Gasteiger partial charge in [0.1, 0.15) is 5.76 Å². The maximum absolute atomic E-state index is 13.0. The summed E-state index contributed by atoms with van der Waals surface area (Å²) in [6.07, 6.45) is 1.46. The molecule has 31 heavy (non-hydrogen) atoms. The van der Waals surface area contributed by atoms with Crippen LogP contribution in [0.25, 0.3) is 0 Å². The van der Waals surface area contributed by atoms with Gasteiger partial charge < -0.3 is 9.73 Å². The molecule has 1 atom stereocenters. The molecule has 3 aromatic rings. The predicted molar refractivity (Wildman–Crippen MR) is 116 cm³/mol. The normalized spacial score (nSPS) is 18.4. The molecule has 2 aromatic heterocycles. The Kier molecular flexibility index (Phi) is 5.14. The molecular formula is C22H22N4O4S. The molecule has 0 aliphatic carbocycles. The first kappa shape index (κ1) is 20.8. The van der Waals surface area contributed by atoms with E-state index >= 15 is 0 Å². The highest BCUT2D eigenvalue weighted by atomic mass is 32.1. The summed E-state index contributed by atoms with van der Waals surface area (Å²) in [7, 11) is 0. The van der Waals surface area contributed by atoms with Gasteiger partial charge in [-0.25, -0.2) is 9.78 Å². The number of anilines is 2. The standard InChI is InChI=1S/C22H22N4O4S/c1-13-7-8-17(14(2)10-13)26(15(3)27)21-23-16(12-31-21)11-25-19(28)22(4,24-20(25)29)18-6-5-9-30-18/h5-10,12H,11H2,1-4H3,(H,24,29). The molecule has 1 aliphatic heterocycles. The third-order valence-corrected chi connectivity index (χ3v) is 6.12. The average Bonchev–Trinajstić information content (AvgIpc) is 3.43. The molecule has 1 aromatic carbocycles. The predicted octanol–water partition coefficient (Wildman–Crippen LogP) is 4.00. The van der Waals surface area contributed by atoms with Crippen LogP contribution in [0.2, 0.25) is 0 Å². The van der Waals surface area contributed by atoms with Crippen molar-refractivity contribution >= 4 is 40.0 Å². The third-order valence-electron chi connectivity index (χ3n) is 5.25. The number of aromatic nitrogens is 1. The Bertz CT molecular complexity index is 1170. The second-order valence-corrected chi connectivity index (χ2v) is 8.53. The number of furan rings is 1. The largest absolute Gasteiger partial charge is 0.466 e. The number of imide groups is 1. The Hall–Kier alpha value is -3.46. The van der Waals surface area contributed by atoms with Gasteiger partial charge in [-0.1, -0.05) is 17.7 Å². The van der Waals surface area contributed by atoms with Gasteiger partial charge in [-0.15, -0.1) is 11.3 Å². The number of hydrogen-bond acceptors (Lipinski definition) is 6. The van der Waals surface area contributed by atoms with Crippen molar-refractivity contribution in [3.05, 3.63) is 64.6 Å². The van der Waals surface area contributed by atoms with Gasteiger partial charge in [0.05, 0.1) is 24.2 Å². The van der Waals surface area contributed by atoms with Crippen molar-refractivity contribution < 1.29 is 18.8 Å². The first-order valence-electron chi connectivity index (χ1n) is 9.71. The van der Waals surface area contributed by atoms with Crippen LogP contribution in [-0.2, 0) is 21.7 Å². The number of nitrogens with zero attached hydrogens (tertiary/aromatic N) is 3. The minimum Gasteiger partial charge on any atom is -0.466 e. The zero-order chi connectivity index (χ0) is 22.3. The fraction of sp³-hybridized carbons (Fsp3) is 0.273. The van der Waals surface area contributed by atoms with E-state index in [9.17, 15) is 14.4 Å². The van der Waals surface area contributed by atoms with Crippen molar-refractivity contribution in [2.75, 3.05) is 4.90 Å². The number of thiazole rings is 1. The van der Waals surface area contributed by atoms with Crippen molar-refractivity contribution in [1.82, 2.24) is 15.2 Å². The molecule has 4 rings (SSSR count). The topological polar surface area (TPSA) is 95.8 Å². The number of aryl methyl sites for hydroxylation is 2. The van der Waals surface area contributed by atoms with Crippen LogP contribution in [0.5, 0.6) is 0 Å². The number of urea groups is 1. The van der Waals surface area contributed by atoms with Crippen LogP contribution in [-0.4, -0.2) is 27.7 Å². The number of amides is 4. The summed E-state index contributed by atoms with van der Waals surface area (Å²) in [6, 6.07) is 8.63. The van der Waals surface area contributed by atoms with Crippen LogP contribution in [0.4, 0.5) is 15.6 Å². The average molecular weight is 439 g/mol. The summed E-state index contributed by atoms with van der Waals surface area (Å²) in [6.45, 7) is 7.01. The Morgan fingerprint density at radius 1 is 1.29 bits per heavy atom. The maximum Gasteiger partial charge on any atom is 0.325 e. The molecule has 8 nitrogen and oxygen atoms in total. The second kappa shape index (κ2) is 7.66. The molecule has 0 saturated carbocycles. The molecule has 1 aliphatic rings. The Morgan fingerprint density at radius 3 is 2.71 bits per heavy atom. The first-order chi connectivity index (χ1) is 14.7. The summed E-state index contributed by atoms with van der Waals surface area (Å²) in [4.78, 5) is 45.1. The van der Waals surface area contributed by atoms with E-state index in [0.29, 0.717) is 16.6 Å². The number of benzene rings is 1. The summed E-state index contributed by atoms with van der Waals surface area (Å²) < 4.78 is 5.35. The highest BCUT2D eigenvalue weighted by molar-refractivity contribution is 7.14. The summed E-state index contributed by atoms with van der Waals surface area (Å²) in [5.41, 5.74) is 2.06. The lowest BCUT2D eigenvalue weighted by atomic mass is 9.99. The molecular weight excluding hydrogens is 416 g/mol. The number of hydrogen-bond donors (Lipinski definition) is 1. The summed E-state index contributed by atoms with van der Waals surface area (Å²) in [5.74, 6) is -0.224. The van der Waals surface area contributed by atoms with E-state index in [2.05, 4.69) is 10.3 Å². The van der Waals surface area contributed by atoms with E-state index in [4.69, 9.17) is 4.42 Å². The molecule has 1 unspecified atom stereocenters. The van der Waals surface area contributed by atoms with Crippen LogP contribution in [0, 0.1) is 13.8 Å². The summed E-state index contributed by atoms with van der Waals surface area (Å²) in [5, 5.41) is 4.92. The van der Waals surface area contributed by atoms with E-state index in [-0.39, 0.29) is 12.5 Å². The maximum atomic E-state index is 13.0. The second-order valence-electron chi connectivity index (χ2n) is 7.69. The molecule has 0 spiro atoms. The smallest absolute Gasteiger partial charge is 0.325 e. The Labute approximate surface area is 183 Å². The van der Waals surface area contributed by atoms with Gasteiger partial charge in [-0.2, -0.15) is 0 Å². The molecule has 4 amide bonds. The van der Waals surface area contributed by atoms with Crippen LogP contribution in [0.1, 0.15) is 36.4 Å². The fourth-order valence-electron chi connectivity index (χ4n) is 3.67. The molecule has 3 heterocycles. The van der Waals surface area contributed by atoms with E-state index in [0.717, 1.165) is 21.7 Å². The zero-order valence-electron chi connectivity index (χ0n) is 17.6. The fourth-order valence-corrected chi connectivity index (χ4v) is 4.54. The number of rotatable bonds is 5. The number of carbonyl (C=O) groups is 3. The first-order valence-corrected chi connectivity index (χ1v) is 10.6. The van der Waals surface area contributed by atoms with E-state index in [1.807, 2.05) is 32.0 Å². The van der Waals surface area contributed by atoms with Crippen molar-refractivity contribution in [3.63, 3.8) is 0 Å². The molecule has 1 N–H and O–H groups in total. The van der Waals surface area contributed by atoms with Gasteiger partial charge in [-0.05, 0) is 44.5 Å². The Balaban J connectivity index is 1.59. The summed E-state index contributed by atoms with van der Waals surface area (Å²) >= 11 is 1.28. The van der Waals surface area contributed by atoms with Gasteiger partial charge in [0.25, 0.3) is 5.91 Å². The van der Waals surface area contributed by atoms with Gasteiger partial charge in [0.15, 0.2) is 10.7 Å². The highest BCUT2D eigenvalue weighted by Crippen LogP contribution is 2.34. The minimum atomic E-state index is -1.26. The van der Waals surface area contributed by atoms with Crippen molar-refractivity contribution in [3.8, 4) is 0 Å². The molecule has 9 heteroatoms. The molecule has 160 valence electrons. The lowest BCUT2D eigenvalue weighted by Gasteiger charge is -2.20. The van der Waals surface area contributed by atoms with Crippen LogP contribution >= 0.6 is 11.3 Å². The van der Waals surface area contributed by atoms with E-state index in [1.54, 1.807) is 29.3 Å². The van der Waals surface area contributed by atoms with Crippen molar-refractivity contribution in [1.29, 1.82) is 0 Å². The minimum absolute atomic E-state index is 0.00388. The lowest BCUT2D eigenvalue weighted by Crippen LogP contribution is -2.40. The quantitative estimate of drug-likeness (QED) is 0.608. The molecule has 1 fully saturated rings. The number of nitrogens with one attached hydrogen (secondary N) is 1. The SMILES string of the molecule is CC(=O)N(c1nc(CN2C(=O)NC(C)(c3ccco3)C2=O)cs1)c1ccc(C)cc1C. The van der Waals surface area contributed by atoms with Gasteiger partial charge in [-0.3, -0.25) is 19.4 Å². The van der Waals surface area contributed by atoms with E-state index < -0.39 is 17.5 Å². The highest BCUT2D eigenvalue weighted by Gasteiger charge is 2.51. The van der Waals surface area contributed by atoms with Gasteiger partial charge in [0, 0.05) is 12.3 Å². The van der Waals surface area contributed by atoms with Crippen LogP contribution in [0.3, 0.4) is 0 Å². The van der Waals surface area contributed by atoms with Crippen LogP contribution < -0.4 is 10.2 Å². The van der Waals surface area contributed by atoms with Gasteiger partial charge in [0.2, 0.25) is 5.91 Å².